The molecule has 20 heavy (non-hydrogen) atoms. The largest absolute Gasteiger partial charge is 0.311 e. The molecule has 1 aliphatic carbocycles. The minimum absolute atomic E-state index is 0.767. The first kappa shape index (κ1) is 14.1. The number of rotatable bonds is 3. The highest BCUT2D eigenvalue weighted by molar-refractivity contribution is 5.20. The Bertz CT molecular complexity index is 387. The molecule has 0 aromatic heterocycles. The van der Waals surface area contributed by atoms with Gasteiger partial charge in [0.05, 0.1) is 0 Å². The van der Waals surface area contributed by atoms with Crippen molar-refractivity contribution in [1.29, 1.82) is 0 Å². The number of piperidine rings is 1. The molecule has 110 valence electrons. The van der Waals surface area contributed by atoms with Gasteiger partial charge in [-0.25, -0.2) is 0 Å². The zero-order valence-electron chi connectivity index (χ0n) is 12.7. The lowest BCUT2D eigenvalue weighted by molar-refractivity contribution is 0.210. The molecule has 0 unspecified atom stereocenters. The Morgan fingerprint density at radius 1 is 0.850 bits per heavy atom. The van der Waals surface area contributed by atoms with E-state index in [0.717, 1.165) is 18.0 Å². The van der Waals surface area contributed by atoms with Gasteiger partial charge >= 0.3 is 0 Å². The van der Waals surface area contributed by atoms with Crippen LogP contribution in [0.2, 0.25) is 0 Å². The SMILES string of the molecule is CN1CCC(NC2CCC(c3ccccc3)CC2)CC1. The number of nitrogens with zero attached hydrogens (tertiary/aromatic N) is 1. The number of nitrogens with one attached hydrogen (secondary N) is 1. The van der Waals surface area contributed by atoms with Crippen LogP contribution in [0.1, 0.15) is 50.0 Å². The van der Waals surface area contributed by atoms with Crippen molar-refractivity contribution in [2.24, 2.45) is 0 Å². The molecule has 0 amide bonds. The molecule has 0 radical (unpaired) electrons. The number of hydrogen-bond acceptors (Lipinski definition) is 2. The lowest BCUT2D eigenvalue weighted by atomic mass is 9.81. The van der Waals surface area contributed by atoms with Crippen molar-refractivity contribution in [1.82, 2.24) is 10.2 Å². The van der Waals surface area contributed by atoms with E-state index in [1.807, 2.05) is 0 Å². The van der Waals surface area contributed by atoms with Crippen molar-refractivity contribution in [2.75, 3.05) is 20.1 Å². The Morgan fingerprint density at radius 3 is 2.10 bits per heavy atom. The topological polar surface area (TPSA) is 15.3 Å². The summed E-state index contributed by atoms with van der Waals surface area (Å²) in [6.07, 6.45) is 8.07. The fraction of sp³-hybridized carbons (Fsp3) is 0.667. The van der Waals surface area contributed by atoms with Gasteiger partial charge in [0.2, 0.25) is 0 Å². The van der Waals surface area contributed by atoms with Crippen LogP contribution in [0.3, 0.4) is 0 Å². The zero-order valence-corrected chi connectivity index (χ0v) is 12.7. The molecular weight excluding hydrogens is 244 g/mol. The van der Waals surface area contributed by atoms with Crippen LogP contribution < -0.4 is 5.32 Å². The first-order valence-electron chi connectivity index (χ1n) is 8.31. The predicted octanol–water partition coefficient (Wildman–Crippen LogP) is 3.40. The van der Waals surface area contributed by atoms with Crippen LogP contribution in [-0.4, -0.2) is 37.1 Å². The summed E-state index contributed by atoms with van der Waals surface area (Å²) in [5.41, 5.74) is 1.55. The van der Waals surface area contributed by atoms with Gasteiger partial charge in [-0.05, 0) is 70.1 Å². The molecule has 2 aliphatic rings. The average Bonchev–Trinajstić information content (AvgIpc) is 2.51. The predicted molar refractivity (Wildman–Crippen MR) is 85.1 cm³/mol. The summed E-state index contributed by atoms with van der Waals surface area (Å²) >= 11 is 0. The van der Waals surface area contributed by atoms with E-state index in [1.54, 1.807) is 5.56 Å². The summed E-state index contributed by atoms with van der Waals surface area (Å²) in [6, 6.07) is 12.6. The number of hydrogen-bond donors (Lipinski definition) is 1. The van der Waals surface area contributed by atoms with Gasteiger partial charge in [-0.2, -0.15) is 0 Å². The van der Waals surface area contributed by atoms with Gasteiger partial charge in [-0.1, -0.05) is 30.3 Å². The van der Waals surface area contributed by atoms with Gasteiger partial charge in [-0.15, -0.1) is 0 Å². The molecule has 1 N–H and O–H groups in total. The summed E-state index contributed by atoms with van der Waals surface area (Å²) in [5.74, 6) is 0.798. The Balaban J connectivity index is 1.44. The number of likely N-dealkylation sites (tertiary alicyclic amines) is 1. The van der Waals surface area contributed by atoms with Gasteiger partial charge in [0.1, 0.15) is 0 Å². The smallest absolute Gasteiger partial charge is 0.00939 e. The van der Waals surface area contributed by atoms with Gasteiger partial charge in [0.15, 0.2) is 0 Å². The van der Waals surface area contributed by atoms with E-state index in [4.69, 9.17) is 0 Å². The minimum Gasteiger partial charge on any atom is -0.311 e. The third-order valence-electron chi connectivity index (χ3n) is 5.19. The maximum absolute atomic E-state index is 3.92. The maximum Gasteiger partial charge on any atom is 0.00939 e. The van der Waals surface area contributed by atoms with Crippen LogP contribution >= 0.6 is 0 Å². The van der Waals surface area contributed by atoms with E-state index >= 15 is 0 Å². The van der Waals surface area contributed by atoms with E-state index in [-0.39, 0.29) is 0 Å². The summed E-state index contributed by atoms with van der Waals surface area (Å²) in [7, 11) is 2.24. The lowest BCUT2D eigenvalue weighted by Crippen LogP contribution is -2.46. The highest BCUT2D eigenvalue weighted by Crippen LogP contribution is 2.33. The minimum atomic E-state index is 0.767. The van der Waals surface area contributed by atoms with E-state index < -0.39 is 0 Å². The van der Waals surface area contributed by atoms with Gasteiger partial charge in [-0.3, -0.25) is 0 Å². The Labute approximate surface area is 123 Å². The second-order valence-corrected chi connectivity index (χ2v) is 6.70. The van der Waals surface area contributed by atoms with E-state index in [2.05, 4.69) is 47.6 Å². The molecule has 1 aliphatic heterocycles. The Hall–Kier alpha value is -0.860. The second kappa shape index (κ2) is 6.73. The van der Waals surface area contributed by atoms with Crippen molar-refractivity contribution in [2.45, 2.75) is 56.5 Å². The van der Waals surface area contributed by atoms with Gasteiger partial charge < -0.3 is 10.2 Å². The van der Waals surface area contributed by atoms with Gasteiger partial charge in [0, 0.05) is 12.1 Å². The van der Waals surface area contributed by atoms with Crippen LogP contribution in [0.4, 0.5) is 0 Å². The summed E-state index contributed by atoms with van der Waals surface area (Å²) < 4.78 is 0. The molecule has 1 heterocycles. The maximum atomic E-state index is 3.92. The summed E-state index contributed by atoms with van der Waals surface area (Å²) in [5, 5.41) is 3.92. The molecule has 2 heteroatoms. The summed E-state index contributed by atoms with van der Waals surface area (Å²) in [4.78, 5) is 2.45. The van der Waals surface area contributed by atoms with E-state index in [0.29, 0.717) is 0 Å². The molecule has 0 bridgehead atoms. The van der Waals surface area contributed by atoms with Gasteiger partial charge in [0.25, 0.3) is 0 Å². The zero-order chi connectivity index (χ0) is 13.8. The normalized spacial score (nSPS) is 29.4. The van der Waals surface area contributed by atoms with Crippen LogP contribution in [0.15, 0.2) is 30.3 Å². The molecule has 1 aromatic carbocycles. The van der Waals surface area contributed by atoms with Crippen molar-refractivity contribution in [3.8, 4) is 0 Å². The lowest BCUT2D eigenvalue weighted by Gasteiger charge is -2.35. The highest BCUT2D eigenvalue weighted by Gasteiger charge is 2.25. The summed E-state index contributed by atoms with van der Waals surface area (Å²) in [6.45, 7) is 2.52. The first-order chi connectivity index (χ1) is 9.81. The van der Waals surface area contributed by atoms with Crippen LogP contribution in [0.25, 0.3) is 0 Å². The molecule has 0 atom stereocenters. The molecule has 0 spiro atoms. The molecule has 1 aromatic rings. The third-order valence-corrected chi connectivity index (χ3v) is 5.19. The second-order valence-electron chi connectivity index (χ2n) is 6.70. The fourth-order valence-electron chi connectivity index (χ4n) is 3.83. The molecule has 2 fully saturated rings. The molecular formula is C18H28N2. The third kappa shape index (κ3) is 3.62. The Kier molecular flexibility index (Phi) is 4.74. The average molecular weight is 272 g/mol. The molecule has 1 saturated carbocycles. The fourth-order valence-corrected chi connectivity index (χ4v) is 3.83. The van der Waals surface area contributed by atoms with Crippen LogP contribution in [-0.2, 0) is 0 Å². The quantitative estimate of drug-likeness (QED) is 0.907. The van der Waals surface area contributed by atoms with Crippen molar-refractivity contribution >= 4 is 0 Å². The molecule has 3 rings (SSSR count). The first-order valence-corrected chi connectivity index (χ1v) is 8.31. The molecule has 2 nitrogen and oxygen atoms in total. The standard InChI is InChI=1S/C18H28N2/c1-20-13-11-18(12-14-20)19-17-9-7-16(8-10-17)15-5-3-2-4-6-15/h2-6,16-19H,7-14H2,1H3. The van der Waals surface area contributed by atoms with Crippen molar-refractivity contribution in [3.05, 3.63) is 35.9 Å². The van der Waals surface area contributed by atoms with E-state index in [9.17, 15) is 0 Å². The molecule has 1 saturated heterocycles. The van der Waals surface area contributed by atoms with Crippen LogP contribution in [0, 0.1) is 0 Å². The van der Waals surface area contributed by atoms with Crippen molar-refractivity contribution < 1.29 is 0 Å². The van der Waals surface area contributed by atoms with Crippen molar-refractivity contribution in [3.63, 3.8) is 0 Å². The Morgan fingerprint density at radius 2 is 1.45 bits per heavy atom. The highest BCUT2D eigenvalue weighted by atomic mass is 15.1. The van der Waals surface area contributed by atoms with Crippen LogP contribution in [0.5, 0.6) is 0 Å². The van der Waals surface area contributed by atoms with E-state index in [1.165, 1.54) is 51.6 Å². The number of benzene rings is 1. The monoisotopic (exact) mass is 272 g/mol.